The van der Waals surface area contributed by atoms with Crippen molar-refractivity contribution in [2.24, 2.45) is 0 Å². The first kappa shape index (κ1) is 45.4. The average Bonchev–Trinajstić information content (AvgIpc) is 3.17. The third-order valence-corrected chi connectivity index (χ3v) is 12.4. The van der Waals surface area contributed by atoms with E-state index in [4.69, 9.17) is 14.2 Å². The van der Waals surface area contributed by atoms with Crippen LogP contribution < -0.4 is 9.47 Å². The Hall–Kier alpha value is -3.99. The lowest BCUT2D eigenvalue weighted by Crippen LogP contribution is -2.58. The Bertz CT molecular complexity index is 1960. The monoisotopic (exact) mass is 837 g/mol. The summed E-state index contributed by atoms with van der Waals surface area (Å²) in [6.07, 6.45) is 8.75. The molecule has 2 aliphatic rings. The number of hydrogen-bond acceptors (Lipinski definition) is 10. The minimum atomic E-state index is -3.74. The van der Waals surface area contributed by atoms with Gasteiger partial charge in [-0.2, -0.15) is 8.61 Å². The van der Waals surface area contributed by atoms with Gasteiger partial charge in [-0.1, -0.05) is 42.8 Å². The number of hydrogen-bond donors (Lipinski definition) is 0. The molecule has 0 N–H and O–H groups in total. The fraction of sp³-hybridized carbons (Fsp3) is 0.395. The smallest absolute Gasteiger partial charge is 0.410 e. The molecular formula is C38H49Cl2N5O8S2. The molecule has 4 aromatic rings. The summed E-state index contributed by atoms with van der Waals surface area (Å²) in [5.41, 5.74) is -0.633. The first-order chi connectivity index (χ1) is 25.3. The van der Waals surface area contributed by atoms with E-state index in [1.807, 2.05) is 12.1 Å². The van der Waals surface area contributed by atoms with Gasteiger partial charge in [0.25, 0.3) is 0 Å². The minimum Gasteiger partial charge on any atom is -0.490 e. The summed E-state index contributed by atoms with van der Waals surface area (Å²) in [5.74, 6) is 1.19. The topological polar surface area (TPSA) is 149 Å². The van der Waals surface area contributed by atoms with Crippen molar-refractivity contribution in [3.8, 4) is 11.5 Å². The Morgan fingerprint density at radius 2 is 1.16 bits per heavy atom. The predicted molar refractivity (Wildman–Crippen MR) is 214 cm³/mol. The molecule has 1 amide bonds. The number of carbonyl (C=O) groups is 1. The van der Waals surface area contributed by atoms with E-state index in [-0.39, 0.29) is 62.0 Å². The molecule has 4 heterocycles. The lowest BCUT2D eigenvalue weighted by atomic mass is 10.1. The van der Waals surface area contributed by atoms with Gasteiger partial charge in [-0.05, 0) is 82.1 Å². The van der Waals surface area contributed by atoms with E-state index in [9.17, 15) is 21.6 Å². The number of pyridine rings is 2. The molecular weight excluding hydrogens is 789 g/mol. The van der Waals surface area contributed by atoms with E-state index in [1.165, 1.54) is 9.21 Å². The van der Waals surface area contributed by atoms with Gasteiger partial charge in [-0.3, -0.25) is 9.97 Å². The number of carbonyl (C=O) groups excluding carboxylic acids is 1. The molecule has 0 radical (unpaired) electrons. The van der Waals surface area contributed by atoms with Gasteiger partial charge in [-0.15, -0.1) is 24.8 Å². The van der Waals surface area contributed by atoms with Crippen molar-refractivity contribution in [3.63, 3.8) is 0 Å². The molecule has 2 saturated heterocycles. The normalized spacial score (nSPS) is 18.0. The number of rotatable bonds is 10. The van der Waals surface area contributed by atoms with Crippen LogP contribution in [0, 0.1) is 0 Å². The van der Waals surface area contributed by atoms with E-state index < -0.39 is 37.8 Å². The zero-order valence-electron chi connectivity index (χ0n) is 31.0. The SMILES string of the molecule is CC(C)(C)OC(=O)N1CCN(S(=O)(=O)c2ccccc2)C(COc2cccnc2)C1.Cl.Cl.O=S(=O)(c1ccccc1)N1CCCCC1COc1cccnc1. The third-order valence-electron chi connectivity index (χ3n) is 8.51. The Morgan fingerprint density at radius 3 is 1.64 bits per heavy atom. The highest BCUT2D eigenvalue weighted by atomic mass is 35.5. The zero-order chi connectivity index (χ0) is 37.9. The number of benzene rings is 2. The predicted octanol–water partition coefficient (Wildman–Crippen LogP) is 6.32. The van der Waals surface area contributed by atoms with E-state index >= 15 is 0 Å². The Kier molecular flexibility index (Phi) is 17.2. The van der Waals surface area contributed by atoms with Crippen molar-refractivity contribution < 1.29 is 35.8 Å². The van der Waals surface area contributed by atoms with Crippen LogP contribution in [0.25, 0.3) is 0 Å². The van der Waals surface area contributed by atoms with Crippen LogP contribution in [0.2, 0.25) is 0 Å². The van der Waals surface area contributed by atoms with Gasteiger partial charge in [0, 0.05) is 38.6 Å². The van der Waals surface area contributed by atoms with Crippen LogP contribution in [-0.2, 0) is 24.8 Å². The lowest BCUT2D eigenvalue weighted by Gasteiger charge is -2.40. The Morgan fingerprint density at radius 1 is 0.673 bits per heavy atom. The molecule has 0 saturated carbocycles. The number of aromatic nitrogens is 2. The maximum absolute atomic E-state index is 13.2. The molecule has 6 rings (SSSR count). The molecule has 2 fully saturated rings. The summed E-state index contributed by atoms with van der Waals surface area (Å²) in [5, 5.41) is 0. The Balaban J connectivity index is 0.000000294. The molecule has 300 valence electrons. The highest BCUT2D eigenvalue weighted by molar-refractivity contribution is 7.89. The number of ether oxygens (including phenoxy) is 3. The molecule has 2 aliphatic heterocycles. The van der Waals surface area contributed by atoms with Gasteiger partial charge in [0.1, 0.15) is 30.3 Å². The number of sulfonamides is 2. The zero-order valence-corrected chi connectivity index (χ0v) is 34.3. The lowest BCUT2D eigenvalue weighted by molar-refractivity contribution is 0.00977. The van der Waals surface area contributed by atoms with Crippen molar-refractivity contribution in [3.05, 3.63) is 110 Å². The highest BCUT2D eigenvalue weighted by Crippen LogP contribution is 2.27. The summed E-state index contributed by atoms with van der Waals surface area (Å²) < 4.78 is 72.2. The van der Waals surface area contributed by atoms with Crippen molar-refractivity contribution in [1.29, 1.82) is 0 Å². The van der Waals surface area contributed by atoms with E-state index in [1.54, 1.807) is 123 Å². The fourth-order valence-electron chi connectivity index (χ4n) is 5.95. The van der Waals surface area contributed by atoms with Gasteiger partial charge in [0.2, 0.25) is 20.0 Å². The van der Waals surface area contributed by atoms with E-state index in [0.29, 0.717) is 29.5 Å². The molecule has 17 heteroatoms. The molecule has 0 aliphatic carbocycles. The second-order valence-corrected chi connectivity index (χ2v) is 17.4. The third kappa shape index (κ3) is 12.8. The maximum atomic E-state index is 13.2. The first-order valence-corrected chi connectivity index (χ1v) is 20.4. The van der Waals surface area contributed by atoms with Gasteiger partial charge in [0.05, 0.1) is 34.3 Å². The summed E-state index contributed by atoms with van der Waals surface area (Å²) in [4.78, 5) is 22.6. The summed E-state index contributed by atoms with van der Waals surface area (Å²) in [6.45, 7) is 6.91. The molecule has 0 bridgehead atoms. The van der Waals surface area contributed by atoms with Crippen LogP contribution in [0.15, 0.2) is 120 Å². The largest absolute Gasteiger partial charge is 0.490 e. The molecule has 13 nitrogen and oxygen atoms in total. The maximum Gasteiger partial charge on any atom is 0.410 e. The van der Waals surface area contributed by atoms with Gasteiger partial charge >= 0.3 is 6.09 Å². The Labute approximate surface area is 336 Å². The van der Waals surface area contributed by atoms with Crippen LogP contribution in [0.5, 0.6) is 11.5 Å². The summed E-state index contributed by atoms with van der Waals surface area (Å²) >= 11 is 0. The van der Waals surface area contributed by atoms with Gasteiger partial charge < -0.3 is 19.1 Å². The average molecular weight is 839 g/mol. The van der Waals surface area contributed by atoms with Crippen LogP contribution in [0.3, 0.4) is 0 Å². The number of amides is 1. The number of halogens is 2. The number of piperazine rings is 1. The van der Waals surface area contributed by atoms with Crippen LogP contribution >= 0.6 is 24.8 Å². The minimum absolute atomic E-state index is 0. The van der Waals surface area contributed by atoms with Gasteiger partial charge in [-0.25, -0.2) is 21.6 Å². The van der Waals surface area contributed by atoms with Crippen molar-refractivity contribution in [2.45, 2.75) is 67.5 Å². The van der Waals surface area contributed by atoms with Crippen molar-refractivity contribution in [2.75, 3.05) is 39.4 Å². The van der Waals surface area contributed by atoms with Crippen LogP contribution in [0.1, 0.15) is 40.0 Å². The number of piperidine rings is 1. The quantitative estimate of drug-likeness (QED) is 0.178. The molecule has 55 heavy (non-hydrogen) atoms. The van der Waals surface area contributed by atoms with Crippen LogP contribution in [-0.4, -0.2) is 103 Å². The van der Waals surface area contributed by atoms with Crippen LogP contribution in [0.4, 0.5) is 4.79 Å². The van der Waals surface area contributed by atoms with E-state index in [2.05, 4.69) is 9.97 Å². The summed E-state index contributed by atoms with van der Waals surface area (Å²) in [6, 6.07) is 23.3. The molecule has 2 unspecified atom stereocenters. The molecule has 2 aromatic heterocycles. The van der Waals surface area contributed by atoms with Gasteiger partial charge in [0.15, 0.2) is 0 Å². The second kappa shape index (κ2) is 20.8. The summed E-state index contributed by atoms with van der Waals surface area (Å²) in [7, 11) is -7.22. The first-order valence-electron chi connectivity index (χ1n) is 17.5. The fourth-order valence-corrected chi connectivity index (χ4v) is 9.26. The number of nitrogens with zero attached hydrogens (tertiary/aromatic N) is 5. The molecule has 2 aromatic carbocycles. The standard InChI is InChI=1S/C21H27N3O5S.C17H20N2O3S.2ClH/c1-21(2,3)29-20(25)23-12-13-24(30(26,27)19-9-5-4-6-10-19)17(15-23)16-28-18-8-7-11-22-14-18;20-23(21,17-9-2-1-3-10-17)19-12-5-4-7-15(19)14-22-16-8-6-11-18-13-16;;/h4-11,14,17H,12-13,15-16H2,1-3H3;1-3,6,8-11,13,15H,4-5,7,12,14H2;2*1H. The van der Waals surface area contributed by atoms with E-state index in [0.717, 1.165) is 19.3 Å². The second-order valence-electron chi connectivity index (χ2n) is 13.6. The molecule has 2 atom stereocenters. The molecule has 0 spiro atoms. The highest BCUT2D eigenvalue weighted by Gasteiger charge is 2.39. The van der Waals surface area contributed by atoms with Crippen molar-refractivity contribution in [1.82, 2.24) is 23.5 Å². The van der Waals surface area contributed by atoms with Crippen molar-refractivity contribution >= 4 is 51.0 Å².